The van der Waals surface area contributed by atoms with Gasteiger partial charge in [-0.3, -0.25) is 4.79 Å². The highest BCUT2D eigenvalue weighted by molar-refractivity contribution is 7.99. The molecule has 0 aliphatic heterocycles. The van der Waals surface area contributed by atoms with Gasteiger partial charge >= 0.3 is 0 Å². The van der Waals surface area contributed by atoms with Crippen LogP contribution in [0.15, 0.2) is 24.3 Å². The quantitative estimate of drug-likeness (QED) is 0.822. The lowest BCUT2D eigenvalue weighted by Crippen LogP contribution is -2.13. The van der Waals surface area contributed by atoms with Gasteiger partial charge in [0, 0.05) is 12.2 Å². The highest BCUT2D eigenvalue weighted by Gasteiger charge is 2.22. The van der Waals surface area contributed by atoms with Crippen LogP contribution in [0.1, 0.15) is 25.1 Å². The number of nitrogens with one attached hydrogen (secondary N) is 1. The molecular formula is C14H15N3OS. The van der Waals surface area contributed by atoms with E-state index in [-0.39, 0.29) is 5.78 Å². The fourth-order valence-corrected chi connectivity index (χ4v) is 2.49. The number of aromatic amines is 1. The summed E-state index contributed by atoms with van der Waals surface area (Å²) in [5, 5.41) is 9.19. The Bertz CT molecular complexity index is 581. The molecule has 0 aliphatic carbocycles. The molecule has 1 aromatic heterocycles. The Morgan fingerprint density at radius 3 is 3.00 bits per heavy atom. The van der Waals surface area contributed by atoms with Crippen molar-refractivity contribution in [3.63, 3.8) is 0 Å². The molecule has 0 saturated heterocycles. The van der Waals surface area contributed by atoms with Gasteiger partial charge in [-0.15, -0.1) is 0 Å². The number of carbonyl (C=O) groups is 1. The predicted molar refractivity (Wildman–Crippen MR) is 77.1 cm³/mol. The van der Waals surface area contributed by atoms with Crippen molar-refractivity contribution in [2.75, 3.05) is 11.5 Å². The number of carbonyl (C=O) groups excluding carboxylic acids is 1. The Kier molecular flexibility index (Phi) is 4.58. The molecule has 0 aliphatic rings. The van der Waals surface area contributed by atoms with E-state index < -0.39 is 5.92 Å². The molecule has 0 bridgehead atoms. The Morgan fingerprint density at radius 1 is 1.53 bits per heavy atom. The fraction of sp³-hybridized carbons (Fsp3) is 0.357. The number of ketones is 1. The normalized spacial score (nSPS) is 12.2. The zero-order valence-corrected chi connectivity index (χ0v) is 11.5. The Morgan fingerprint density at radius 2 is 2.32 bits per heavy atom. The molecule has 0 radical (unpaired) electrons. The lowest BCUT2D eigenvalue weighted by Gasteiger charge is -2.04. The minimum absolute atomic E-state index is 0.0671. The molecule has 0 fully saturated rings. The molecule has 4 nitrogen and oxygen atoms in total. The van der Waals surface area contributed by atoms with Crippen LogP contribution in [0.3, 0.4) is 0 Å². The second-order valence-electron chi connectivity index (χ2n) is 4.11. The van der Waals surface area contributed by atoms with Crippen LogP contribution in [0.4, 0.5) is 0 Å². The van der Waals surface area contributed by atoms with Crippen molar-refractivity contribution in [2.24, 2.45) is 0 Å². The molecule has 2 rings (SSSR count). The van der Waals surface area contributed by atoms with Crippen LogP contribution in [0.2, 0.25) is 0 Å². The zero-order valence-electron chi connectivity index (χ0n) is 10.7. The number of hydrogen-bond acceptors (Lipinski definition) is 4. The van der Waals surface area contributed by atoms with Crippen LogP contribution < -0.4 is 0 Å². The van der Waals surface area contributed by atoms with Gasteiger partial charge in [0.05, 0.1) is 17.1 Å². The predicted octanol–water partition coefficient (Wildman–Crippen LogP) is 2.88. The topological polar surface area (TPSA) is 69.5 Å². The first-order valence-corrected chi connectivity index (χ1v) is 7.36. The molecule has 19 heavy (non-hydrogen) atoms. The van der Waals surface area contributed by atoms with E-state index in [1.165, 1.54) is 0 Å². The number of hydrogen-bond donors (Lipinski definition) is 1. The third-order valence-corrected chi connectivity index (χ3v) is 3.73. The maximum atomic E-state index is 12.0. The summed E-state index contributed by atoms with van der Waals surface area (Å²) in [6.45, 7) is 2.05. The van der Waals surface area contributed by atoms with Gasteiger partial charge in [0.1, 0.15) is 5.82 Å². The maximum absolute atomic E-state index is 12.0. The molecule has 0 saturated carbocycles. The second-order valence-corrected chi connectivity index (χ2v) is 5.51. The molecule has 98 valence electrons. The largest absolute Gasteiger partial charge is 0.340 e. The van der Waals surface area contributed by atoms with E-state index in [0.29, 0.717) is 12.2 Å². The number of aromatic nitrogens is 2. The summed E-state index contributed by atoms with van der Waals surface area (Å²) >= 11 is 1.70. The summed E-state index contributed by atoms with van der Waals surface area (Å²) in [7, 11) is 0. The van der Waals surface area contributed by atoms with E-state index in [9.17, 15) is 10.1 Å². The van der Waals surface area contributed by atoms with Crippen molar-refractivity contribution in [3.8, 4) is 6.07 Å². The average molecular weight is 273 g/mol. The molecule has 1 aromatic carbocycles. The van der Waals surface area contributed by atoms with Gasteiger partial charge in [-0.05, 0) is 17.9 Å². The number of nitriles is 1. The van der Waals surface area contributed by atoms with Crippen LogP contribution in [0.5, 0.6) is 0 Å². The van der Waals surface area contributed by atoms with Crippen LogP contribution in [-0.4, -0.2) is 27.3 Å². The van der Waals surface area contributed by atoms with Crippen molar-refractivity contribution in [1.82, 2.24) is 9.97 Å². The van der Waals surface area contributed by atoms with Gasteiger partial charge in [0.15, 0.2) is 11.7 Å². The lowest BCUT2D eigenvalue weighted by atomic mass is 10.0. The number of thioether (sulfide) groups is 1. The second kappa shape index (κ2) is 6.39. The standard InChI is InChI=1S/C14H15N3OS/c1-2-19-8-7-13(18)10(9-15)14-16-11-5-3-4-6-12(11)17-14/h3-6,10H,2,7-8H2,1H3,(H,16,17). The summed E-state index contributed by atoms with van der Waals surface area (Å²) in [5.74, 6) is 1.34. The smallest absolute Gasteiger partial charge is 0.162 e. The SMILES string of the molecule is CCSCCC(=O)C(C#N)c1nc2ccccc2[nH]1. The van der Waals surface area contributed by atoms with Gasteiger partial charge in [0.25, 0.3) is 0 Å². The molecule has 5 heteroatoms. The summed E-state index contributed by atoms with van der Waals surface area (Å²) in [5.41, 5.74) is 1.64. The fourth-order valence-electron chi connectivity index (χ4n) is 1.86. The van der Waals surface area contributed by atoms with Crippen molar-refractivity contribution in [3.05, 3.63) is 30.1 Å². The van der Waals surface area contributed by atoms with E-state index >= 15 is 0 Å². The maximum Gasteiger partial charge on any atom is 0.162 e. The number of para-hydroxylation sites is 2. The number of benzene rings is 1. The van der Waals surface area contributed by atoms with E-state index in [2.05, 4.69) is 23.0 Å². The molecule has 1 heterocycles. The summed E-state index contributed by atoms with van der Waals surface area (Å²) in [4.78, 5) is 19.4. The first-order chi connectivity index (χ1) is 9.26. The highest BCUT2D eigenvalue weighted by Crippen LogP contribution is 2.19. The highest BCUT2D eigenvalue weighted by atomic mass is 32.2. The summed E-state index contributed by atoms with van der Waals surface area (Å²) in [6.07, 6.45) is 0.410. The summed E-state index contributed by atoms with van der Waals surface area (Å²) in [6, 6.07) is 9.58. The average Bonchev–Trinajstić information content (AvgIpc) is 2.83. The Labute approximate surface area is 116 Å². The van der Waals surface area contributed by atoms with E-state index in [4.69, 9.17) is 0 Å². The van der Waals surface area contributed by atoms with Gasteiger partial charge in [-0.2, -0.15) is 17.0 Å². The molecule has 0 amide bonds. The Hall–Kier alpha value is -1.80. The van der Waals surface area contributed by atoms with Gasteiger partial charge < -0.3 is 4.98 Å². The first-order valence-electron chi connectivity index (χ1n) is 6.21. The van der Waals surface area contributed by atoms with Crippen LogP contribution in [0, 0.1) is 11.3 Å². The van der Waals surface area contributed by atoms with Crippen molar-refractivity contribution >= 4 is 28.6 Å². The third kappa shape index (κ3) is 3.15. The zero-order chi connectivity index (χ0) is 13.7. The molecular weight excluding hydrogens is 258 g/mol. The van der Waals surface area contributed by atoms with E-state index in [1.54, 1.807) is 11.8 Å². The van der Waals surface area contributed by atoms with Crippen molar-refractivity contribution in [1.29, 1.82) is 5.26 Å². The van der Waals surface area contributed by atoms with Crippen molar-refractivity contribution in [2.45, 2.75) is 19.3 Å². The van der Waals surface area contributed by atoms with Gasteiger partial charge in [-0.25, -0.2) is 4.98 Å². The molecule has 1 N–H and O–H groups in total. The molecule has 1 unspecified atom stereocenters. The van der Waals surface area contributed by atoms with E-state index in [1.807, 2.05) is 24.3 Å². The number of nitrogens with zero attached hydrogens (tertiary/aromatic N) is 2. The van der Waals surface area contributed by atoms with Crippen molar-refractivity contribution < 1.29 is 4.79 Å². The van der Waals surface area contributed by atoms with Crippen LogP contribution >= 0.6 is 11.8 Å². The number of rotatable bonds is 6. The molecule has 1 atom stereocenters. The molecule has 0 spiro atoms. The monoisotopic (exact) mass is 273 g/mol. The van der Waals surface area contributed by atoms with Crippen LogP contribution in [0.25, 0.3) is 11.0 Å². The van der Waals surface area contributed by atoms with Crippen LogP contribution in [-0.2, 0) is 4.79 Å². The Balaban J connectivity index is 2.17. The number of H-pyrrole nitrogens is 1. The summed E-state index contributed by atoms with van der Waals surface area (Å²) < 4.78 is 0. The number of Topliss-reactive ketones (excluding diaryl/α,β-unsaturated/α-hetero) is 1. The number of imidazole rings is 1. The first kappa shape index (κ1) is 13.6. The minimum Gasteiger partial charge on any atom is -0.340 e. The molecule has 2 aromatic rings. The van der Waals surface area contributed by atoms with E-state index in [0.717, 1.165) is 22.5 Å². The lowest BCUT2D eigenvalue weighted by molar-refractivity contribution is -0.119. The van der Waals surface area contributed by atoms with Gasteiger partial charge in [0.2, 0.25) is 0 Å². The minimum atomic E-state index is -0.787. The third-order valence-electron chi connectivity index (χ3n) is 2.83. The number of fused-ring (bicyclic) bond motifs is 1. The van der Waals surface area contributed by atoms with Gasteiger partial charge in [-0.1, -0.05) is 19.1 Å².